The van der Waals surface area contributed by atoms with Crippen LogP contribution in [-0.2, 0) is 16.0 Å². The van der Waals surface area contributed by atoms with Gasteiger partial charge in [-0.3, -0.25) is 9.59 Å². The van der Waals surface area contributed by atoms with Crippen LogP contribution in [0.15, 0.2) is 30.3 Å². The number of benzene rings is 1. The Morgan fingerprint density at radius 3 is 2.61 bits per heavy atom. The SMILES string of the molecule is CC(CCc1ccccc1)N1CCC(=O)CC1=O. The molecule has 1 fully saturated rings. The third kappa shape index (κ3) is 3.19. The predicted molar refractivity (Wildman–Crippen MR) is 70.2 cm³/mol. The van der Waals surface area contributed by atoms with Crippen LogP contribution in [0.5, 0.6) is 0 Å². The molecule has 0 aromatic heterocycles. The van der Waals surface area contributed by atoms with Crippen molar-refractivity contribution < 1.29 is 9.59 Å². The first-order valence-corrected chi connectivity index (χ1v) is 6.52. The molecule has 2 rings (SSSR count). The van der Waals surface area contributed by atoms with Crippen molar-refractivity contribution in [1.29, 1.82) is 0 Å². The van der Waals surface area contributed by atoms with Crippen molar-refractivity contribution in [2.24, 2.45) is 0 Å². The van der Waals surface area contributed by atoms with Crippen molar-refractivity contribution in [3.63, 3.8) is 0 Å². The molecule has 0 N–H and O–H groups in total. The second-order valence-corrected chi connectivity index (χ2v) is 4.93. The van der Waals surface area contributed by atoms with E-state index >= 15 is 0 Å². The van der Waals surface area contributed by atoms with E-state index in [1.165, 1.54) is 5.56 Å². The Labute approximate surface area is 108 Å². The monoisotopic (exact) mass is 245 g/mol. The molecule has 3 nitrogen and oxygen atoms in total. The number of rotatable bonds is 4. The number of hydrogen-bond acceptors (Lipinski definition) is 2. The number of nitrogens with zero attached hydrogens (tertiary/aromatic N) is 1. The molecule has 0 aliphatic carbocycles. The number of ketones is 1. The second kappa shape index (κ2) is 5.80. The van der Waals surface area contributed by atoms with E-state index in [0.717, 1.165) is 12.8 Å². The van der Waals surface area contributed by atoms with Crippen molar-refractivity contribution >= 4 is 11.7 Å². The summed E-state index contributed by atoms with van der Waals surface area (Å²) in [5.74, 6) is 0.0679. The summed E-state index contributed by atoms with van der Waals surface area (Å²) in [5, 5.41) is 0. The zero-order valence-corrected chi connectivity index (χ0v) is 10.8. The summed E-state index contributed by atoms with van der Waals surface area (Å²) in [6.07, 6.45) is 2.53. The van der Waals surface area contributed by atoms with Gasteiger partial charge in [0.2, 0.25) is 5.91 Å². The van der Waals surface area contributed by atoms with Crippen LogP contribution in [0.3, 0.4) is 0 Å². The number of likely N-dealkylation sites (tertiary alicyclic amines) is 1. The Hall–Kier alpha value is -1.64. The smallest absolute Gasteiger partial charge is 0.230 e. The van der Waals surface area contributed by atoms with Crippen molar-refractivity contribution in [3.05, 3.63) is 35.9 Å². The maximum absolute atomic E-state index is 11.8. The van der Waals surface area contributed by atoms with E-state index in [1.54, 1.807) is 0 Å². The van der Waals surface area contributed by atoms with Crippen molar-refractivity contribution in [2.75, 3.05) is 6.54 Å². The van der Waals surface area contributed by atoms with Crippen LogP contribution in [0.1, 0.15) is 31.7 Å². The molecule has 1 heterocycles. The molecule has 1 atom stereocenters. The molecular formula is C15H19NO2. The molecule has 0 saturated carbocycles. The van der Waals surface area contributed by atoms with Crippen LogP contribution in [0.25, 0.3) is 0 Å². The fourth-order valence-electron chi connectivity index (χ4n) is 2.37. The fraction of sp³-hybridized carbons (Fsp3) is 0.467. The van der Waals surface area contributed by atoms with Crippen molar-refractivity contribution in [1.82, 2.24) is 4.90 Å². The van der Waals surface area contributed by atoms with Crippen molar-refractivity contribution in [3.8, 4) is 0 Å². The van der Waals surface area contributed by atoms with E-state index in [4.69, 9.17) is 0 Å². The van der Waals surface area contributed by atoms with Gasteiger partial charge in [-0.15, -0.1) is 0 Å². The van der Waals surface area contributed by atoms with E-state index in [1.807, 2.05) is 23.1 Å². The summed E-state index contributed by atoms with van der Waals surface area (Å²) in [6, 6.07) is 10.5. The molecule has 1 aliphatic rings. The minimum atomic E-state index is -0.00758. The van der Waals surface area contributed by atoms with Gasteiger partial charge in [0.25, 0.3) is 0 Å². The lowest BCUT2D eigenvalue weighted by molar-refractivity contribution is -0.141. The van der Waals surface area contributed by atoms with E-state index in [-0.39, 0.29) is 24.2 Å². The number of piperidine rings is 1. The third-order valence-electron chi connectivity index (χ3n) is 3.53. The van der Waals surface area contributed by atoms with E-state index in [2.05, 4.69) is 19.1 Å². The molecule has 1 amide bonds. The topological polar surface area (TPSA) is 37.4 Å². The lowest BCUT2D eigenvalue weighted by atomic mass is 10.0. The first-order valence-electron chi connectivity index (χ1n) is 6.52. The number of carbonyl (C=O) groups is 2. The normalized spacial score (nSPS) is 17.9. The van der Waals surface area contributed by atoms with Gasteiger partial charge in [-0.25, -0.2) is 0 Å². The molecule has 1 aromatic rings. The highest BCUT2D eigenvalue weighted by Crippen LogP contribution is 2.15. The minimum Gasteiger partial charge on any atom is -0.339 e. The van der Waals surface area contributed by atoms with Gasteiger partial charge in [0.05, 0.1) is 6.42 Å². The van der Waals surface area contributed by atoms with Crippen LogP contribution in [0.4, 0.5) is 0 Å². The van der Waals surface area contributed by atoms with Crippen LogP contribution in [0.2, 0.25) is 0 Å². The highest BCUT2D eigenvalue weighted by atomic mass is 16.2. The summed E-state index contributed by atoms with van der Waals surface area (Å²) >= 11 is 0. The third-order valence-corrected chi connectivity index (χ3v) is 3.53. The Morgan fingerprint density at radius 2 is 1.94 bits per heavy atom. The number of hydrogen-bond donors (Lipinski definition) is 0. The first kappa shape index (κ1) is 12.8. The molecule has 1 unspecified atom stereocenters. The molecule has 96 valence electrons. The van der Waals surface area contributed by atoms with Crippen molar-refractivity contribution in [2.45, 2.75) is 38.6 Å². The largest absolute Gasteiger partial charge is 0.339 e. The van der Waals surface area contributed by atoms with E-state index < -0.39 is 0 Å². The van der Waals surface area contributed by atoms with Gasteiger partial charge in [-0.05, 0) is 25.3 Å². The van der Waals surface area contributed by atoms with Gasteiger partial charge in [0, 0.05) is 19.0 Å². The number of carbonyl (C=O) groups excluding carboxylic acids is 2. The Bertz CT molecular complexity index is 427. The molecule has 1 aliphatic heterocycles. The highest BCUT2D eigenvalue weighted by molar-refractivity contribution is 6.00. The fourth-order valence-corrected chi connectivity index (χ4v) is 2.37. The summed E-state index contributed by atoms with van der Waals surface area (Å²) in [5.41, 5.74) is 1.30. The Kier molecular flexibility index (Phi) is 4.13. The summed E-state index contributed by atoms with van der Waals surface area (Å²) < 4.78 is 0. The molecule has 18 heavy (non-hydrogen) atoms. The maximum Gasteiger partial charge on any atom is 0.230 e. The average molecular weight is 245 g/mol. The number of Topliss-reactive ketones (excluding diaryl/α,β-unsaturated/α-hetero) is 1. The maximum atomic E-state index is 11.8. The Balaban J connectivity index is 1.86. The minimum absolute atomic E-state index is 0.00758. The van der Waals surface area contributed by atoms with Crippen LogP contribution in [-0.4, -0.2) is 29.2 Å². The quantitative estimate of drug-likeness (QED) is 0.763. The second-order valence-electron chi connectivity index (χ2n) is 4.93. The summed E-state index contributed by atoms with van der Waals surface area (Å²) in [6.45, 7) is 2.66. The summed E-state index contributed by atoms with van der Waals surface area (Å²) in [7, 11) is 0. The number of aryl methyl sites for hydroxylation is 1. The molecule has 1 aromatic carbocycles. The van der Waals surface area contributed by atoms with Gasteiger partial charge in [-0.2, -0.15) is 0 Å². The van der Waals surface area contributed by atoms with Crippen LogP contribution >= 0.6 is 0 Å². The molecule has 0 spiro atoms. The molecule has 1 saturated heterocycles. The van der Waals surface area contributed by atoms with Gasteiger partial charge >= 0.3 is 0 Å². The molecule has 3 heteroatoms. The zero-order valence-electron chi connectivity index (χ0n) is 10.8. The van der Waals surface area contributed by atoms with Gasteiger partial charge in [-0.1, -0.05) is 30.3 Å². The Morgan fingerprint density at radius 1 is 1.22 bits per heavy atom. The molecular weight excluding hydrogens is 226 g/mol. The lowest BCUT2D eigenvalue weighted by Gasteiger charge is -2.32. The van der Waals surface area contributed by atoms with Crippen LogP contribution in [0, 0.1) is 0 Å². The highest BCUT2D eigenvalue weighted by Gasteiger charge is 2.26. The first-order chi connectivity index (χ1) is 8.66. The molecule has 0 radical (unpaired) electrons. The summed E-state index contributed by atoms with van der Waals surface area (Å²) in [4.78, 5) is 24.8. The van der Waals surface area contributed by atoms with E-state index in [9.17, 15) is 9.59 Å². The van der Waals surface area contributed by atoms with E-state index in [0.29, 0.717) is 13.0 Å². The van der Waals surface area contributed by atoms with Crippen LogP contribution < -0.4 is 0 Å². The zero-order chi connectivity index (χ0) is 13.0. The average Bonchev–Trinajstić information content (AvgIpc) is 2.37. The van der Waals surface area contributed by atoms with Gasteiger partial charge < -0.3 is 4.90 Å². The standard InChI is InChI=1S/C15H19NO2/c1-12(7-8-13-5-3-2-4-6-13)16-10-9-14(17)11-15(16)18/h2-6,12H,7-11H2,1H3. The lowest BCUT2D eigenvalue weighted by Crippen LogP contribution is -2.44. The van der Waals surface area contributed by atoms with Gasteiger partial charge in [0.15, 0.2) is 0 Å². The predicted octanol–water partition coefficient (Wildman–Crippen LogP) is 2.20. The van der Waals surface area contributed by atoms with Gasteiger partial charge in [0.1, 0.15) is 5.78 Å². The number of amides is 1. The molecule has 0 bridgehead atoms.